The molecule has 0 radical (unpaired) electrons. The zero-order valence-electron chi connectivity index (χ0n) is 15.2. The van der Waals surface area contributed by atoms with Crippen molar-refractivity contribution in [2.24, 2.45) is 5.92 Å². The van der Waals surface area contributed by atoms with E-state index in [0.717, 1.165) is 37.0 Å². The molecule has 1 saturated heterocycles. The molecule has 0 saturated carbocycles. The summed E-state index contributed by atoms with van der Waals surface area (Å²) in [6.45, 7) is 2.61. The molecule has 3 aromatic rings. The molecule has 1 fully saturated rings. The number of piperidine rings is 1. The molecule has 4 rings (SSSR count). The number of carbonyl (C=O) groups is 1. The molecule has 2 N–H and O–H groups in total. The summed E-state index contributed by atoms with van der Waals surface area (Å²) >= 11 is 0. The first-order chi connectivity index (χ1) is 12.7. The normalized spacial score (nSPS) is 16.0. The van der Waals surface area contributed by atoms with Gasteiger partial charge in [0, 0.05) is 24.2 Å². The fourth-order valence-electron chi connectivity index (χ4n) is 3.70. The van der Waals surface area contributed by atoms with Gasteiger partial charge >= 0.3 is 0 Å². The Kier molecular flexibility index (Phi) is 4.76. The molecular formula is C22H25N3O. The van der Waals surface area contributed by atoms with Gasteiger partial charge in [-0.15, -0.1) is 0 Å². The topological polar surface area (TPSA) is 48.1 Å². The molecule has 4 nitrogen and oxygen atoms in total. The number of hydrogen-bond donors (Lipinski definition) is 2. The molecule has 1 amide bonds. The number of carbonyl (C=O) groups excluding carboxylic acids is 1. The lowest BCUT2D eigenvalue weighted by atomic mass is 9.96. The van der Waals surface area contributed by atoms with Gasteiger partial charge in [-0.3, -0.25) is 4.79 Å². The third-order valence-electron chi connectivity index (χ3n) is 5.37. The van der Waals surface area contributed by atoms with Gasteiger partial charge < -0.3 is 15.2 Å². The second-order valence-electron chi connectivity index (χ2n) is 7.28. The Labute approximate surface area is 154 Å². The van der Waals surface area contributed by atoms with Crippen molar-refractivity contribution in [2.45, 2.75) is 19.4 Å². The van der Waals surface area contributed by atoms with Crippen molar-refractivity contribution in [3.05, 3.63) is 60.3 Å². The predicted molar refractivity (Wildman–Crippen MR) is 106 cm³/mol. The number of hydrogen-bond acceptors (Lipinski definition) is 2. The summed E-state index contributed by atoms with van der Waals surface area (Å²) in [5.74, 6) is 0.350. The van der Waals surface area contributed by atoms with Gasteiger partial charge in [0.05, 0.1) is 0 Å². The zero-order valence-corrected chi connectivity index (χ0v) is 15.2. The molecule has 2 aromatic carbocycles. The van der Waals surface area contributed by atoms with E-state index in [1.807, 2.05) is 6.20 Å². The number of fused-ring (bicyclic) bond motifs is 1. The van der Waals surface area contributed by atoms with E-state index in [9.17, 15) is 4.79 Å². The summed E-state index contributed by atoms with van der Waals surface area (Å²) in [4.78, 5) is 17.9. The van der Waals surface area contributed by atoms with Crippen LogP contribution >= 0.6 is 0 Å². The van der Waals surface area contributed by atoms with Crippen LogP contribution in [-0.2, 0) is 11.3 Å². The van der Waals surface area contributed by atoms with Crippen LogP contribution in [-0.4, -0.2) is 35.9 Å². The van der Waals surface area contributed by atoms with Gasteiger partial charge in [0.15, 0.2) is 0 Å². The van der Waals surface area contributed by atoms with Gasteiger partial charge in [-0.05, 0) is 79.3 Å². The van der Waals surface area contributed by atoms with E-state index in [2.05, 4.69) is 70.8 Å². The maximum Gasteiger partial charge on any atom is 0.223 e. The molecule has 0 unspecified atom stereocenters. The largest absolute Gasteiger partial charge is 0.361 e. The van der Waals surface area contributed by atoms with Gasteiger partial charge in [-0.1, -0.05) is 24.3 Å². The van der Waals surface area contributed by atoms with Crippen molar-refractivity contribution in [1.82, 2.24) is 15.2 Å². The quantitative estimate of drug-likeness (QED) is 0.754. The number of rotatable bonds is 4. The second-order valence-corrected chi connectivity index (χ2v) is 7.28. The number of benzene rings is 2. The highest BCUT2D eigenvalue weighted by Gasteiger charge is 2.22. The lowest BCUT2D eigenvalue weighted by Crippen LogP contribution is -2.38. The average Bonchev–Trinajstić information content (AvgIpc) is 3.15. The van der Waals surface area contributed by atoms with E-state index < -0.39 is 0 Å². The predicted octanol–water partition coefficient (Wildman–Crippen LogP) is 3.79. The SMILES string of the molecule is CN1CCC(C(=O)NCc2cccc(-c3ccc4[nH]ccc4c3)c2)CC1. The van der Waals surface area contributed by atoms with Crippen molar-refractivity contribution >= 4 is 16.8 Å². The van der Waals surface area contributed by atoms with E-state index in [-0.39, 0.29) is 11.8 Å². The third-order valence-corrected chi connectivity index (χ3v) is 5.37. The van der Waals surface area contributed by atoms with Crippen LogP contribution < -0.4 is 5.32 Å². The van der Waals surface area contributed by atoms with Crippen LogP contribution in [0.3, 0.4) is 0 Å². The number of nitrogens with zero attached hydrogens (tertiary/aromatic N) is 1. The summed E-state index contributed by atoms with van der Waals surface area (Å²) in [6, 6.07) is 17.0. The number of nitrogens with one attached hydrogen (secondary N) is 2. The zero-order chi connectivity index (χ0) is 17.9. The summed E-state index contributed by atoms with van der Waals surface area (Å²) in [6.07, 6.45) is 3.88. The third kappa shape index (κ3) is 3.65. The van der Waals surface area contributed by atoms with Crippen LogP contribution in [0.25, 0.3) is 22.0 Å². The molecule has 0 spiro atoms. The molecule has 1 aliphatic heterocycles. The molecule has 0 aliphatic carbocycles. The van der Waals surface area contributed by atoms with E-state index in [4.69, 9.17) is 0 Å². The minimum atomic E-state index is 0.158. The minimum Gasteiger partial charge on any atom is -0.361 e. The smallest absolute Gasteiger partial charge is 0.223 e. The van der Waals surface area contributed by atoms with Crippen LogP contribution in [0, 0.1) is 5.92 Å². The molecule has 134 valence electrons. The summed E-state index contributed by atoms with van der Waals surface area (Å²) in [5.41, 5.74) is 4.66. The summed E-state index contributed by atoms with van der Waals surface area (Å²) in [5, 5.41) is 4.34. The Morgan fingerprint density at radius 2 is 1.92 bits per heavy atom. The van der Waals surface area contributed by atoms with E-state index >= 15 is 0 Å². The molecule has 0 atom stereocenters. The lowest BCUT2D eigenvalue weighted by Gasteiger charge is -2.28. The van der Waals surface area contributed by atoms with Crippen LogP contribution in [0.2, 0.25) is 0 Å². The molecule has 0 bridgehead atoms. The minimum absolute atomic E-state index is 0.158. The van der Waals surface area contributed by atoms with E-state index in [0.29, 0.717) is 6.54 Å². The first-order valence-corrected chi connectivity index (χ1v) is 9.32. The summed E-state index contributed by atoms with van der Waals surface area (Å²) < 4.78 is 0. The second kappa shape index (κ2) is 7.34. The van der Waals surface area contributed by atoms with Crippen molar-refractivity contribution in [2.75, 3.05) is 20.1 Å². The fraction of sp³-hybridized carbons (Fsp3) is 0.318. The Hall–Kier alpha value is -2.59. The van der Waals surface area contributed by atoms with Gasteiger partial charge in [-0.25, -0.2) is 0 Å². The van der Waals surface area contributed by atoms with Gasteiger partial charge in [0.2, 0.25) is 5.91 Å². The summed E-state index contributed by atoms with van der Waals surface area (Å²) in [7, 11) is 2.12. The number of amides is 1. The molecule has 4 heteroatoms. The first kappa shape index (κ1) is 16.9. The van der Waals surface area contributed by atoms with Crippen molar-refractivity contribution < 1.29 is 4.79 Å². The molecule has 26 heavy (non-hydrogen) atoms. The van der Waals surface area contributed by atoms with Gasteiger partial charge in [-0.2, -0.15) is 0 Å². The highest BCUT2D eigenvalue weighted by molar-refractivity contribution is 5.85. The maximum atomic E-state index is 12.4. The van der Waals surface area contributed by atoms with E-state index in [1.165, 1.54) is 16.5 Å². The highest BCUT2D eigenvalue weighted by Crippen LogP contribution is 2.25. The number of aromatic amines is 1. The Morgan fingerprint density at radius 3 is 2.77 bits per heavy atom. The van der Waals surface area contributed by atoms with Crippen LogP contribution in [0.15, 0.2) is 54.7 Å². The van der Waals surface area contributed by atoms with Crippen molar-refractivity contribution in [3.8, 4) is 11.1 Å². The first-order valence-electron chi connectivity index (χ1n) is 9.32. The fourth-order valence-corrected chi connectivity index (χ4v) is 3.70. The Morgan fingerprint density at radius 1 is 1.12 bits per heavy atom. The van der Waals surface area contributed by atoms with Gasteiger partial charge in [0.1, 0.15) is 0 Å². The monoisotopic (exact) mass is 347 g/mol. The van der Waals surface area contributed by atoms with Crippen molar-refractivity contribution in [1.29, 1.82) is 0 Å². The van der Waals surface area contributed by atoms with Crippen LogP contribution in [0.4, 0.5) is 0 Å². The number of H-pyrrole nitrogens is 1. The Bertz CT molecular complexity index is 906. The van der Waals surface area contributed by atoms with Crippen molar-refractivity contribution in [3.63, 3.8) is 0 Å². The standard InChI is InChI=1S/C22H25N3O/c1-25-11-8-17(9-12-25)22(26)24-15-16-3-2-4-18(13-16)19-5-6-21-20(14-19)7-10-23-21/h2-7,10,13-14,17,23H,8-9,11-12,15H2,1H3,(H,24,26). The molecule has 1 aliphatic rings. The van der Waals surface area contributed by atoms with E-state index in [1.54, 1.807) is 0 Å². The van der Waals surface area contributed by atoms with Crippen LogP contribution in [0.1, 0.15) is 18.4 Å². The average molecular weight is 347 g/mol. The highest BCUT2D eigenvalue weighted by atomic mass is 16.1. The maximum absolute atomic E-state index is 12.4. The molecule has 2 heterocycles. The van der Waals surface area contributed by atoms with Gasteiger partial charge in [0.25, 0.3) is 0 Å². The lowest BCUT2D eigenvalue weighted by molar-refractivity contribution is -0.126. The number of aromatic nitrogens is 1. The molecule has 1 aromatic heterocycles. The number of likely N-dealkylation sites (tertiary alicyclic amines) is 1. The van der Waals surface area contributed by atoms with Crippen LogP contribution in [0.5, 0.6) is 0 Å². The molecular weight excluding hydrogens is 322 g/mol. The Balaban J connectivity index is 1.43.